The molecule has 0 aliphatic rings. The van der Waals surface area contributed by atoms with E-state index < -0.39 is 28.4 Å². The number of H-pyrrole nitrogens is 2. The first-order valence-electron chi connectivity index (χ1n) is 10.8. The molecule has 4 N–H and O–H groups in total. The summed E-state index contributed by atoms with van der Waals surface area (Å²) in [6.45, 7) is 0.0951. The van der Waals surface area contributed by atoms with E-state index >= 15 is 0 Å². The molecule has 0 radical (unpaired) electrons. The van der Waals surface area contributed by atoms with E-state index in [0.29, 0.717) is 5.56 Å². The number of carbonyl (C=O) groups is 1. The number of aryl methyl sites for hydroxylation is 1. The fourth-order valence-electron chi connectivity index (χ4n) is 3.74. The first kappa shape index (κ1) is 24.3. The van der Waals surface area contributed by atoms with E-state index in [-0.39, 0.29) is 47.9 Å². The number of nitrogens with one attached hydrogen (secondary N) is 2. The summed E-state index contributed by atoms with van der Waals surface area (Å²) >= 11 is 0. The lowest BCUT2D eigenvalue weighted by molar-refractivity contribution is 0.0980. The molecule has 0 spiro atoms. The van der Waals surface area contributed by atoms with Crippen LogP contribution in [0.1, 0.15) is 16.1 Å². The summed E-state index contributed by atoms with van der Waals surface area (Å²) in [6.07, 6.45) is 0. The maximum Gasteiger partial charge on any atom is 0.330 e. The van der Waals surface area contributed by atoms with Crippen LogP contribution in [-0.2, 0) is 24.9 Å². The second-order valence-electron chi connectivity index (χ2n) is 7.90. The molecule has 4 rings (SSSR count). The third kappa shape index (κ3) is 4.46. The molecule has 13 heteroatoms. The fraction of sp³-hybridized carbons (Fsp3) is 0.217. The van der Waals surface area contributed by atoms with Crippen molar-refractivity contribution in [3.63, 3.8) is 0 Å². The van der Waals surface area contributed by atoms with Crippen LogP contribution < -0.4 is 33.1 Å². The number of amides is 1. The normalized spacial score (nSPS) is 11.1. The first-order chi connectivity index (χ1) is 17.2. The highest BCUT2D eigenvalue weighted by Crippen LogP contribution is 2.22. The number of methoxy groups -OCH3 is 1. The third-order valence-electron chi connectivity index (χ3n) is 5.61. The molecule has 4 aromatic rings. The molecule has 0 aliphatic carbocycles. The Bertz CT molecular complexity index is 1680. The van der Waals surface area contributed by atoms with Crippen LogP contribution in [0.5, 0.6) is 0 Å². The monoisotopic (exact) mass is 493 g/mol. The van der Waals surface area contributed by atoms with Gasteiger partial charge in [-0.25, -0.2) is 14.6 Å². The van der Waals surface area contributed by atoms with Gasteiger partial charge in [-0.3, -0.25) is 38.4 Å². The van der Waals surface area contributed by atoms with E-state index in [9.17, 15) is 24.0 Å². The van der Waals surface area contributed by atoms with Crippen molar-refractivity contribution in [2.45, 2.75) is 13.1 Å². The second-order valence-corrected chi connectivity index (χ2v) is 7.90. The summed E-state index contributed by atoms with van der Waals surface area (Å²) in [7, 11) is 2.85. The second kappa shape index (κ2) is 9.84. The number of ether oxygens (including phenoxy) is 1. The highest BCUT2D eigenvalue weighted by Gasteiger charge is 2.27. The maximum atomic E-state index is 13.8. The van der Waals surface area contributed by atoms with Crippen molar-refractivity contribution in [3.8, 4) is 0 Å². The van der Waals surface area contributed by atoms with Gasteiger partial charge in [0.2, 0.25) is 0 Å². The summed E-state index contributed by atoms with van der Waals surface area (Å²) in [4.78, 5) is 73.0. The number of aromatic amines is 2. The molecule has 0 unspecified atom stereocenters. The van der Waals surface area contributed by atoms with Gasteiger partial charge in [0.25, 0.3) is 17.0 Å². The average Bonchev–Trinajstić information content (AvgIpc) is 2.86. The van der Waals surface area contributed by atoms with Crippen LogP contribution in [0.3, 0.4) is 0 Å². The number of pyridine rings is 1. The Balaban J connectivity index is 1.91. The molecule has 0 atom stereocenters. The van der Waals surface area contributed by atoms with Crippen molar-refractivity contribution in [3.05, 3.63) is 95.4 Å². The van der Waals surface area contributed by atoms with Gasteiger partial charge in [-0.05, 0) is 17.7 Å². The number of rotatable bonds is 7. The number of hydrogen-bond acceptors (Lipinski definition) is 8. The topological polar surface area (TPSA) is 178 Å². The SMILES string of the molecule is COCCn1c(N)c(N(Cc2ccccc2)C(=O)c2ccc3c(=O)[nH]c(=O)n(C)c3n2)c(=O)[nH]c1=O. The van der Waals surface area contributed by atoms with E-state index in [1.165, 1.54) is 26.3 Å². The van der Waals surface area contributed by atoms with Gasteiger partial charge in [-0.1, -0.05) is 30.3 Å². The molecule has 186 valence electrons. The van der Waals surface area contributed by atoms with Gasteiger partial charge in [0, 0.05) is 14.2 Å². The van der Waals surface area contributed by atoms with E-state index in [0.717, 1.165) is 14.0 Å². The van der Waals surface area contributed by atoms with Crippen LogP contribution in [0.15, 0.2) is 61.6 Å². The number of aromatic nitrogens is 5. The van der Waals surface area contributed by atoms with Gasteiger partial charge in [-0.15, -0.1) is 0 Å². The Hall–Kier alpha value is -4.78. The lowest BCUT2D eigenvalue weighted by atomic mass is 10.2. The highest BCUT2D eigenvalue weighted by atomic mass is 16.5. The van der Waals surface area contributed by atoms with Crippen LogP contribution in [0, 0.1) is 0 Å². The van der Waals surface area contributed by atoms with Crippen LogP contribution in [0.4, 0.5) is 11.5 Å². The zero-order valence-corrected chi connectivity index (χ0v) is 19.5. The smallest absolute Gasteiger partial charge is 0.330 e. The Kier molecular flexibility index (Phi) is 6.65. The molecule has 36 heavy (non-hydrogen) atoms. The average molecular weight is 493 g/mol. The Labute approximate surface area is 202 Å². The summed E-state index contributed by atoms with van der Waals surface area (Å²) in [5, 5.41) is 0.105. The molecule has 3 aromatic heterocycles. The van der Waals surface area contributed by atoms with Gasteiger partial charge in [0.05, 0.1) is 25.1 Å². The zero-order chi connectivity index (χ0) is 26.0. The third-order valence-corrected chi connectivity index (χ3v) is 5.61. The number of nitrogens with two attached hydrogens (primary N) is 1. The molecular weight excluding hydrogens is 470 g/mol. The van der Waals surface area contributed by atoms with E-state index in [2.05, 4.69) is 15.0 Å². The first-order valence-corrected chi connectivity index (χ1v) is 10.8. The molecule has 0 saturated carbocycles. The van der Waals surface area contributed by atoms with Crippen LogP contribution in [0.2, 0.25) is 0 Å². The minimum absolute atomic E-state index is 0.0128. The summed E-state index contributed by atoms with van der Waals surface area (Å²) in [6, 6.07) is 11.5. The summed E-state index contributed by atoms with van der Waals surface area (Å²) in [5.74, 6) is -0.961. The number of nitrogen functional groups attached to an aromatic ring is 1. The van der Waals surface area contributed by atoms with E-state index in [1.54, 1.807) is 30.3 Å². The van der Waals surface area contributed by atoms with Crippen molar-refractivity contribution in [2.24, 2.45) is 7.05 Å². The molecule has 1 aromatic carbocycles. The quantitative estimate of drug-likeness (QED) is 0.310. The van der Waals surface area contributed by atoms with E-state index in [4.69, 9.17) is 10.5 Å². The predicted molar refractivity (Wildman–Crippen MR) is 132 cm³/mol. The Morgan fingerprint density at radius 2 is 1.72 bits per heavy atom. The maximum absolute atomic E-state index is 13.8. The van der Waals surface area contributed by atoms with Gasteiger partial charge in [-0.2, -0.15) is 0 Å². The molecule has 0 saturated heterocycles. The van der Waals surface area contributed by atoms with Crippen molar-refractivity contribution >= 4 is 28.4 Å². The summed E-state index contributed by atoms with van der Waals surface area (Å²) in [5.41, 5.74) is 3.54. The lowest BCUT2D eigenvalue weighted by Gasteiger charge is -2.24. The number of anilines is 2. The molecule has 1 amide bonds. The van der Waals surface area contributed by atoms with Gasteiger partial charge >= 0.3 is 11.4 Å². The minimum Gasteiger partial charge on any atom is -0.383 e. The number of benzene rings is 1. The van der Waals surface area contributed by atoms with E-state index in [1.807, 2.05) is 0 Å². The molecule has 13 nitrogen and oxygen atoms in total. The highest BCUT2D eigenvalue weighted by molar-refractivity contribution is 6.06. The molecular formula is C23H23N7O6. The van der Waals surface area contributed by atoms with Crippen molar-refractivity contribution in [1.82, 2.24) is 24.1 Å². The largest absolute Gasteiger partial charge is 0.383 e. The molecule has 0 bridgehead atoms. The lowest BCUT2D eigenvalue weighted by Crippen LogP contribution is -2.41. The van der Waals surface area contributed by atoms with Gasteiger partial charge in [0.1, 0.15) is 17.2 Å². The molecule has 0 aliphatic heterocycles. The number of nitrogens with zero attached hydrogens (tertiary/aromatic N) is 4. The number of hydrogen-bond donors (Lipinski definition) is 3. The predicted octanol–water partition coefficient (Wildman–Crippen LogP) is -0.453. The standard InChI is InChI=1S/C23H23N7O6/c1-28-18-14(19(31)26-22(28)34)8-9-15(25-18)21(33)30(12-13-6-4-3-5-7-13)16-17(24)29(10-11-36-2)23(35)27-20(16)32/h3-9H,10-12,24H2,1-2H3,(H,26,31,34)(H,27,32,35). The summed E-state index contributed by atoms with van der Waals surface area (Å²) < 4.78 is 7.21. The fourth-order valence-corrected chi connectivity index (χ4v) is 3.74. The van der Waals surface area contributed by atoms with Crippen LogP contribution in [0.25, 0.3) is 11.0 Å². The Morgan fingerprint density at radius 3 is 2.42 bits per heavy atom. The zero-order valence-electron chi connectivity index (χ0n) is 19.5. The molecule has 3 heterocycles. The Morgan fingerprint density at radius 1 is 1.03 bits per heavy atom. The minimum atomic E-state index is -0.861. The van der Waals surface area contributed by atoms with Gasteiger partial charge in [0.15, 0.2) is 5.69 Å². The number of fused-ring (bicyclic) bond motifs is 1. The number of carbonyl (C=O) groups excluding carboxylic acids is 1. The van der Waals surface area contributed by atoms with Crippen LogP contribution in [-0.4, -0.2) is 43.7 Å². The van der Waals surface area contributed by atoms with Crippen molar-refractivity contribution in [1.29, 1.82) is 0 Å². The molecule has 0 fully saturated rings. The van der Waals surface area contributed by atoms with Crippen molar-refractivity contribution in [2.75, 3.05) is 24.4 Å². The van der Waals surface area contributed by atoms with Gasteiger partial charge < -0.3 is 10.5 Å². The van der Waals surface area contributed by atoms with Crippen molar-refractivity contribution < 1.29 is 9.53 Å². The van der Waals surface area contributed by atoms with Crippen LogP contribution >= 0.6 is 0 Å².